The number of aliphatic imine (C=N–C) groups is 1. The Morgan fingerprint density at radius 2 is 1.71 bits per heavy atom. The lowest BCUT2D eigenvalue weighted by Gasteiger charge is -2.35. The molecule has 0 bridgehead atoms. The van der Waals surface area contributed by atoms with E-state index in [4.69, 9.17) is 4.99 Å². The van der Waals surface area contributed by atoms with Crippen LogP contribution in [0.15, 0.2) is 41.5 Å². The molecule has 1 aromatic carbocycles. The first-order valence-corrected chi connectivity index (χ1v) is 12.3. The Kier molecular flexibility index (Phi) is 5.61. The highest BCUT2D eigenvalue weighted by atomic mass is 32.2. The molecule has 4 nitrogen and oxygen atoms in total. The van der Waals surface area contributed by atoms with E-state index in [1.807, 2.05) is 30.1 Å². The summed E-state index contributed by atoms with van der Waals surface area (Å²) in [6.45, 7) is 15.3. The van der Waals surface area contributed by atoms with Crippen LogP contribution in [0, 0.1) is 0 Å². The molecule has 3 atom stereocenters. The predicted octanol–water partition coefficient (Wildman–Crippen LogP) is 6.36. The molecule has 1 N–H and O–H groups in total. The maximum Gasteiger partial charge on any atom is 0.160 e. The molecule has 0 unspecified atom stereocenters. The molecule has 1 aromatic heterocycles. The third-order valence-electron chi connectivity index (χ3n) is 6.42. The number of hydrogen-bond acceptors (Lipinski definition) is 5. The normalized spacial score (nSPS) is 23.8. The average molecular weight is 438 g/mol. The molecule has 4 rings (SSSR count). The highest BCUT2D eigenvalue weighted by Gasteiger charge is 2.46. The number of aromatic nitrogens is 1. The summed E-state index contributed by atoms with van der Waals surface area (Å²) in [6, 6.07) is 11.1. The maximum atomic E-state index is 11.2. The van der Waals surface area contributed by atoms with Crippen LogP contribution in [0.5, 0.6) is 5.75 Å². The Morgan fingerprint density at radius 3 is 2.23 bits per heavy atom. The van der Waals surface area contributed by atoms with Crippen LogP contribution in [0.3, 0.4) is 0 Å². The smallest absolute Gasteiger partial charge is 0.160 e. The van der Waals surface area contributed by atoms with E-state index < -0.39 is 0 Å². The van der Waals surface area contributed by atoms with Crippen molar-refractivity contribution in [1.82, 2.24) is 9.88 Å². The molecule has 166 valence electrons. The topological polar surface area (TPSA) is 48.7 Å². The first kappa shape index (κ1) is 22.2. The molecule has 0 aliphatic carbocycles. The summed E-state index contributed by atoms with van der Waals surface area (Å²) in [4.78, 5) is 12.4. The number of nitrogens with zero attached hydrogens (tertiary/aromatic N) is 3. The highest BCUT2D eigenvalue weighted by Crippen LogP contribution is 2.51. The van der Waals surface area contributed by atoms with Gasteiger partial charge in [-0.15, -0.1) is 0 Å². The SMILES string of the molecule is CC[C@H]1CSC2=N[C@H](c3ccccn3)[C@@H](c3cc(C(C)(C)C)c(O)c(C(C)(C)C)c3)N21. The number of aromatic hydroxyl groups is 1. The van der Waals surface area contributed by atoms with Gasteiger partial charge < -0.3 is 10.0 Å². The summed E-state index contributed by atoms with van der Waals surface area (Å²) < 4.78 is 0. The molecule has 2 aliphatic rings. The quantitative estimate of drug-likeness (QED) is 0.607. The van der Waals surface area contributed by atoms with Crippen LogP contribution in [-0.2, 0) is 10.8 Å². The minimum Gasteiger partial charge on any atom is -0.507 e. The minimum atomic E-state index is -0.160. The molecule has 0 amide bonds. The van der Waals surface area contributed by atoms with E-state index in [9.17, 15) is 5.11 Å². The number of pyridine rings is 1. The number of hydrogen-bond donors (Lipinski definition) is 1. The Labute approximate surface area is 191 Å². The van der Waals surface area contributed by atoms with Gasteiger partial charge >= 0.3 is 0 Å². The number of fused-ring (bicyclic) bond motifs is 1. The molecule has 0 saturated carbocycles. The summed E-state index contributed by atoms with van der Waals surface area (Å²) in [5, 5.41) is 12.4. The molecule has 2 aromatic rings. The Bertz CT molecular complexity index is 953. The van der Waals surface area contributed by atoms with Crippen molar-refractivity contribution in [2.24, 2.45) is 4.99 Å². The summed E-state index contributed by atoms with van der Waals surface area (Å²) >= 11 is 1.86. The van der Waals surface area contributed by atoms with E-state index in [1.54, 1.807) is 0 Å². The Hall–Kier alpha value is -2.01. The molecular formula is C26H35N3OS. The standard InChI is InChI=1S/C26H35N3OS/c1-8-17-15-31-24-28-21(20-11-9-10-12-27-20)22(29(17)24)16-13-18(25(2,3)4)23(30)19(14-16)26(5,6)7/h9-14,17,21-22,30H,8,15H2,1-7H3/t17-,21+,22+/m0/s1. The molecule has 0 radical (unpaired) electrons. The Balaban J connectivity index is 1.93. The summed E-state index contributed by atoms with van der Waals surface area (Å²) in [7, 11) is 0. The van der Waals surface area contributed by atoms with Crippen molar-refractivity contribution in [2.75, 3.05) is 5.75 Å². The van der Waals surface area contributed by atoms with Crippen LogP contribution in [0.1, 0.15) is 89.4 Å². The lowest BCUT2D eigenvalue weighted by Crippen LogP contribution is -2.35. The lowest BCUT2D eigenvalue weighted by atomic mass is 9.77. The molecule has 1 fully saturated rings. The fourth-order valence-electron chi connectivity index (χ4n) is 4.68. The number of benzene rings is 1. The molecule has 0 spiro atoms. The second kappa shape index (κ2) is 7.84. The molecule has 2 aliphatic heterocycles. The Morgan fingerprint density at radius 1 is 1.06 bits per heavy atom. The van der Waals surface area contributed by atoms with E-state index in [1.165, 1.54) is 5.56 Å². The van der Waals surface area contributed by atoms with Gasteiger partial charge in [-0.05, 0) is 58.2 Å². The van der Waals surface area contributed by atoms with E-state index in [0.717, 1.165) is 34.2 Å². The van der Waals surface area contributed by atoms with Gasteiger partial charge in [0.15, 0.2) is 5.17 Å². The number of phenolic OH excluding ortho intramolecular Hbond substituents is 1. The van der Waals surface area contributed by atoms with Crippen LogP contribution in [0.4, 0.5) is 0 Å². The summed E-state index contributed by atoms with van der Waals surface area (Å²) in [6.07, 6.45) is 2.95. The average Bonchev–Trinajstić information content (AvgIpc) is 3.26. The molecule has 31 heavy (non-hydrogen) atoms. The van der Waals surface area contributed by atoms with Gasteiger partial charge in [-0.2, -0.15) is 0 Å². The number of thioether (sulfide) groups is 1. The van der Waals surface area contributed by atoms with Gasteiger partial charge in [0.25, 0.3) is 0 Å². The van der Waals surface area contributed by atoms with Gasteiger partial charge in [-0.1, -0.05) is 66.3 Å². The molecule has 1 saturated heterocycles. The predicted molar refractivity (Wildman–Crippen MR) is 131 cm³/mol. The van der Waals surface area contributed by atoms with Gasteiger partial charge in [0.05, 0.1) is 11.7 Å². The van der Waals surface area contributed by atoms with E-state index in [0.29, 0.717) is 11.8 Å². The largest absolute Gasteiger partial charge is 0.507 e. The summed E-state index contributed by atoms with van der Waals surface area (Å²) in [5.41, 5.74) is 3.92. The van der Waals surface area contributed by atoms with Crippen molar-refractivity contribution >= 4 is 16.9 Å². The van der Waals surface area contributed by atoms with Crippen LogP contribution in [-0.4, -0.2) is 32.0 Å². The molecular weight excluding hydrogens is 402 g/mol. The van der Waals surface area contributed by atoms with Crippen molar-refractivity contribution < 1.29 is 5.11 Å². The zero-order chi connectivity index (χ0) is 22.6. The van der Waals surface area contributed by atoms with Crippen LogP contribution >= 0.6 is 11.8 Å². The van der Waals surface area contributed by atoms with Crippen molar-refractivity contribution in [2.45, 2.75) is 83.8 Å². The second-order valence-corrected chi connectivity index (χ2v) is 11.8. The first-order valence-electron chi connectivity index (χ1n) is 11.3. The van der Waals surface area contributed by atoms with Gasteiger partial charge in [0.1, 0.15) is 11.8 Å². The third-order valence-corrected chi connectivity index (χ3v) is 7.55. The summed E-state index contributed by atoms with van der Waals surface area (Å²) in [5.74, 6) is 1.51. The van der Waals surface area contributed by atoms with Crippen LogP contribution in [0.2, 0.25) is 0 Å². The van der Waals surface area contributed by atoms with Crippen LogP contribution < -0.4 is 0 Å². The van der Waals surface area contributed by atoms with E-state index in [-0.39, 0.29) is 22.9 Å². The zero-order valence-corrected chi connectivity index (χ0v) is 20.6. The lowest BCUT2D eigenvalue weighted by molar-refractivity contribution is 0.254. The number of phenols is 1. The second-order valence-electron chi connectivity index (χ2n) is 10.8. The van der Waals surface area contributed by atoms with Crippen molar-refractivity contribution in [3.63, 3.8) is 0 Å². The monoisotopic (exact) mass is 437 g/mol. The highest BCUT2D eigenvalue weighted by molar-refractivity contribution is 8.14. The fraction of sp³-hybridized carbons (Fsp3) is 0.538. The number of amidine groups is 1. The van der Waals surface area contributed by atoms with Gasteiger partial charge in [0, 0.05) is 18.0 Å². The van der Waals surface area contributed by atoms with Gasteiger partial charge in [-0.25, -0.2) is 0 Å². The van der Waals surface area contributed by atoms with Gasteiger partial charge in [-0.3, -0.25) is 9.98 Å². The van der Waals surface area contributed by atoms with Gasteiger partial charge in [0.2, 0.25) is 0 Å². The molecule has 5 heteroatoms. The van der Waals surface area contributed by atoms with Crippen LogP contribution in [0.25, 0.3) is 0 Å². The third kappa shape index (κ3) is 3.97. The number of rotatable bonds is 3. The van der Waals surface area contributed by atoms with Crippen molar-refractivity contribution in [3.8, 4) is 5.75 Å². The fourth-order valence-corrected chi connectivity index (χ4v) is 6.02. The molecule has 3 heterocycles. The van der Waals surface area contributed by atoms with E-state index >= 15 is 0 Å². The minimum absolute atomic E-state index is 0.0387. The van der Waals surface area contributed by atoms with Crippen molar-refractivity contribution in [1.29, 1.82) is 0 Å². The zero-order valence-electron chi connectivity index (χ0n) is 19.8. The van der Waals surface area contributed by atoms with E-state index in [2.05, 4.69) is 76.5 Å². The van der Waals surface area contributed by atoms with Crippen molar-refractivity contribution in [3.05, 3.63) is 58.9 Å². The first-order chi connectivity index (χ1) is 14.5. The maximum absolute atomic E-state index is 11.2.